The van der Waals surface area contributed by atoms with Gasteiger partial charge >= 0.3 is 0 Å². The molecular weight excluding hydrogens is 368 g/mol. The molecule has 0 aliphatic heterocycles. The zero-order valence-electron chi connectivity index (χ0n) is 14.9. The van der Waals surface area contributed by atoms with Crippen molar-refractivity contribution in [3.8, 4) is 22.1 Å². The highest BCUT2D eigenvalue weighted by Gasteiger charge is 2.16. The zero-order valence-corrected chi connectivity index (χ0v) is 16.5. The van der Waals surface area contributed by atoms with Crippen LogP contribution in [0.25, 0.3) is 10.6 Å². The van der Waals surface area contributed by atoms with Crippen LogP contribution in [0.3, 0.4) is 0 Å². The summed E-state index contributed by atoms with van der Waals surface area (Å²) in [5.74, 6) is 1.33. The van der Waals surface area contributed by atoms with Gasteiger partial charge in [-0.05, 0) is 35.6 Å². The van der Waals surface area contributed by atoms with E-state index in [1.807, 2.05) is 40.4 Å². The molecule has 0 unspecified atom stereocenters. The number of methoxy groups -OCH3 is 2. The van der Waals surface area contributed by atoms with Gasteiger partial charge < -0.3 is 14.4 Å². The van der Waals surface area contributed by atoms with E-state index in [-0.39, 0.29) is 5.91 Å². The van der Waals surface area contributed by atoms with Crippen molar-refractivity contribution in [3.05, 3.63) is 51.7 Å². The maximum atomic E-state index is 12.6. The molecule has 0 aliphatic rings. The Morgan fingerprint density at radius 2 is 1.96 bits per heavy atom. The van der Waals surface area contributed by atoms with Gasteiger partial charge in [0.15, 0.2) is 11.5 Å². The maximum absolute atomic E-state index is 12.6. The highest BCUT2D eigenvalue weighted by atomic mass is 32.1. The quantitative estimate of drug-likeness (QED) is 0.609. The van der Waals surface area contributed by atoms with Crippen molar-refractivity contribution in [2.45, 2.75) is 6.42 Å². The molecule has 1 amide bonds. The first-order valence-electron chi connectivity index (χ1n) is 8.07. The molecule has 0 saturated heterocycles. The molecule has 0 spiro atoms. The van der Waals surface area contributed by atoms with Crippen LogP contribution < -0.4 is 9.47 Å². The van der Waals surface area contributed by atoms with Crippen molar-refractivity contribution in [3.63, 3.8) is 0 Å². The fraction of sp³-hybridized carbons (Fsp3) is 0.263. The van der Waals surface area contributed by atoms with Crippen LogP contribution >= 0.6 is 22.7 Å². The summed E-state index contributed by atoms with van der Waals surface area (Å²) < 4.78 is 10.6. The van der Waals surface area contributed by atoms with E-state index in [2.05, 4.69) is 4.98 Å². The first kappa shape index (κ1) is 18.4. The van der Waals surface area contributed by atoms with Gasteiger partial charge in [0.2, 0.25) is 0 Å². The van der Waals surface area contributed by atoms with Crippen LogP contribution in [0.1, 0.15) is 16.1 Å². The Morgan fingerprint density at radius 3 is 2.65 bits per heavy atom. The third kappa shape index (κ3) is 4.05. The van der Waals surface area contributed by atoms with Crippen LogP contribution in [0.4, 0.5) is 0 Å². The third-order valence-corrected chi connectivity index (χ3v) is 5.60. The highest BCUT2D eigenvalue weighted by molar-refractivity contribution is 7.14. The minimum absolute atomic E-state index is 0.0665. The van der Waals surface area contributed by atoms with Crippen molar-refractivity contribution < 1.29 is 14.3 Å². The molecule has 0 aliphatic carbocycles. The Kier molecular flexibility index (Phi) is 5.90. The number of ether oxygens (including phenoxy) is 2. The molecule has 3 rings (SSSR count). The zero-order chi connectivity index (χ0) is 18.5. The molecule has 26 heavy (non-hydrogen) atoms. The van der Waals surface area contributed by atoms with E-state index >= 15 is 0 Å². The number of aromatic nitrogens is 1. The molecule has 136 valence electrons. The molecule has 0 bridgehead atoms. The number of rotatable bonds is 7. The molecule has 1 aromatic carbocycles. The van der Waals surface area contributed by atoms with Gasteiger partial charge in [0.05, 0.1) is 14.2 Å². The smallest absolute Gasteiger partial charge is 0.273 e. The predicted octanol–water partition coefficient (Wildman–Crippen LogP) is 4.20. The van der Waals surface area contributed by atoms with Crippen LogP contribution in [-0.2, 0) is 6.42 Å². The molecule has 0 saturated carbocycles. The summed E-state index contributed by atoms with van der Waals surface area (Å²) in [5.41, 5.74) is 2.64. The molecule has 2 heterocycles. The molecule has 5 nitrogen and oxygen atoms in total. The van der Waals surface area contributed by atoms with E-state index < -0.39 is 0 Å². The van der Waals surface area contributed by atoms with E-state index in [1.54, 1.807) is 37.5 Å². The summed E-state index contributed by atoms with van der Waals surface area (Å²) in [5, 5.41) is 6.74. The average Bonchev–Trinajstić information content (AvgIpc) is 3.36. The van der Waals surface area contributed by atoms with Crippen LogP contribution in [-0.4, -0.2) is 43.6 Å². The van der Waals surface area contributed by atoms with E-state index in [0.29, 0.717) is 23.7 Å². The van der Waals surface area contributed by atoms with Crippen molar-refractivity contribution >= 4 is 28.6 Å². The number of benzene rings is 1. The lowest BCUT2D eigenvalue weighted by Gasteiger charge is -2.16. The van der Waals surface area contributed by atoms with Crippen molar-refractivity contribution in [1.82, 2.24) is 9.88 Å². The molecule has 0 atom stereocenters. The molecule has 2 aromatic heterocycles. The topological polar surface area (TPSA) is 51.7 Å². The first-order chi connectivity index (χ1) is 12.6. The van der Waals surface area contributed by atoms with Crippen LogP contribution in [0, 0.1) is 0 Å². The molecule has 0 fully saturated rings. The number of thiophene rings is 1. The monoisotopic (exact) mass is 388 g/mol. The largest absolute Gasteiger partial charge is 0.493 e. The van der Waals surface area contributed by atoms with Crippen LogP contribution in [0.5, 0.6) is 11.5 Å². The Balaban J connectivity index is 1.63. The van der Waals surface area contributed by atoms with Gasteiger partial charge in [0, 0.05) is 29.9 Å². The summed E-state index contributed by atoms with van der Waals surface area (Å²) in [6.45, 7) is 0.597. The minimum Gasteiger partial charge on any atom is -0.493 e. The summed E-state index contributed by atoms with van der Waals surface area (Å²) >= 11 is 3.12. The SMILES string of the molecule is COc1ccc(CCN(C)C(=O)c2csc(-c3ccsc3)n2)cc1OC. The van der Waals surface area contributed by atoms with E-state index in [9.17, 15) is 4.79 Å². The molecule has 0 radical (unpaired) electrons. The van der Waals surface area contributed by atoms with Crippen molar-refractivity contribution in [2.24, 2.45) is 0 Å². The number of amides is 1. The third-order valence-electron chi connectivity index (χ3n) is 4.02. The number of carbonyl (C=O) groups is 1. The van der Waals surface area contributed by atoms with Crippen molar-refractivity contribution in [2.75, 3.05) is 27.8 Å². The van der Waals surface area contributed by atoms with Crippen LogP contribution in [0.15, 0.2) is 40.4 Å². The predicted molar refractivity (Wildman–Crippen MR) is 106 cm³/mol. The van der Waals surface area contributed by atoms with Crippen molar-refractivity contribution in [1.29, 1.82) is 0 Å². The van der Waals surface area contributed by atoms with Gasteiger partial charge in [-0.15, -0.1) is 11.3 Å². The summed E-state index contributed by atoms with van der Waals surface area (Å²) in [6.07, 6.45) is 0.726. The average molecular weight is 389 g/mol. The van der Waals surface area contributed by atoms with Gasteiger partial charge in [-0.3, -0.25) is 4.79 Å². The summed E-state index contributed by atoms with van der Waals surface area (Å²) in [4.78, 5) is 18.8. The summed E-state index contributed by atoms with van der Waals surface area (Å²) in [7, 11) is 5.03. The Bertz CT molecular complexity index is 875. The number of likely N-dealkylation sites (N-methyl/N-ethyl adjacent to an activating group) is 1. The van der Waals surface area contributed by atoms with Crippen LogP contribution in [0.2, 0.25) is 0 Å². The lowest BCUT2D eigenvalue weighted by atomic mass is 10.1. The lowest BCUT2D eigenvalue weighted by molar-refractivity contribution is 0.0791. The standard InChI is InChI=1S/C19H20N2O3S2/c1-21(8-6-13-4-5-16(23-2)17(10-13)24-3)19(22)15-12-26-18(20-15)14-7-9-25-11-14/h4-5,7,9-12H,6,8H2,1-3H3. The maximum Gasteiger partial charge on any atom is 0.273 e. The number of hydrogen-bond donors (Lipinski definition) is 0. The number of nitrogens with zero attached hydrogens (tertiary/aromatic N) is 2. The van der Waals surface area contributed by atoms with Gasteiger partial charge in [0.25, 0.3) is 5.91 Å². The fourth-order valence-electron chi connectivity index (χ4n) is 2.52. The lowest BCUT2D eigenvalue weighted by Crippen LogP contribution is -2.29. The summed E-state index contributed by atoms with van der Waals surface area (Å²) in [6, 6.07) is 7.81. The molecular formula is C19H20N2O3S2. The van der Waals surface area contributed by atoms with E-state index in [1.165, 1.54) is 11.3 Å². The Hall–Kier alpha value is -2.38. The second-order valence-electron chi connectivity index (χ2n) is 5.72. The second-order valence-corrected chi connectivity index (χ2v) is 7.35. The van der Waals surface area contributed by atoms with E-state index in [0.717, 1.165) is 22.6 Å². The number of carbonyl (C=O) groups excluding carboxylic acids is 1. The minimum atomic E-state index is -0.0665. The van der Waals surface area contributed by atoms with Gasteiger partial charge in [-0.25, -0.2) is 4.98 Å². The molecule has 3 aromatic rings. The second kappa shape index (κ2) is 8.33. The van der Waals surface area contributed by atoms with Gasteiger partial charge in [-0.2, -0.15) is 11.3 Å². The molecule has 7 heteroatoms. The Labute approximate surface area is 160 Å². The first-order valence-corrected chi connectivity index (χ1v) is 9.89. The molecule has 0 N–H and O–H groups in total. The highest BCUT2D eigenvalue weighted by Crippen LogP contribution is 2.28. The normalized spacial score (nSPS) is 10.6. The fourth-order valence-corrected chi connectivity index (χ4v) is 4.03. The Morgan fingerprint density at radius 1 is 1.15 bits per heavy atom. The van der Waals surface area contributed by atoms with Gasteiger partial charge in [0.1, 0.15) is 10.7 Å². The van der Waals surface area contributed by atoms with Gasteiger partial charge in [-0.1, -0.05) is 6.07 Å². The number of thiazole rings is 1. The number of hydrogen-bond acceptors (Lipinski definition) is 6. The van der Waals surface area contributed by atoms with E-state index in [4.69, 9.17) is 9.47 Å².